The van der Waals surface area contributed by atoms with E-state index in [0.717, 1.165) is 33.3 Å². The van der Waals surface area contributed by atoms with Crippen molar-refractivity contribution in [2.24, 2.45) is 0 Å². The van der Waals surface area contributed by atoms with Crippen LogP contribution in [0.1, 0.15) is 21.6 Å². The van der Waals surface area contributed by atoms with Gasteiger partial charge in [-0.25, -0.2) is 4.68 Å². The first kappa shape index (κ1) is 21.4. The van der Waals surface area contributed by atoms with Crippen molar-refractivity contribution in [1.82, 2.24) is 14.8 Å². The van der Waals surface area contributed by atoms with Crippen molar-refractivity contribution in [3.05, 3.63) is 114 Å². The number of benzene rings is 3. The number of nitrogens with one attached hydrogen (secondary N) is 1. The highest BCUT2D eigenvalue weighted by molar-refractivity contribution is 6.20. The van der Waals surface area contributed by atoms with Crippen LogP contribution in [0, 0.1) is 18.3 Å². The molecule has 36 heavy (non-hydrogen) atoms. The summed E-state index contributed by atoms with van der Waals surface area (Å²) in [6, 6.07) is 29.0. The zero-order valence-electron chi connectivity index (χ0n) is 19.4. The number of aromatic amines is 1. The van der Waals surface area contributed by atoms with Crippen LogP contribution >= 0.6 is 0 Å². The largest absolute Gasteiger partial charge is 0.454 e. The highest BCUT2D eigenvalue weighted by Gasteiger charge is 2.22. The van der Waals surface area contributed by atoms with Gasteiger partial charge in [0, 0.05) is 33.7 Å². The maximum atomic E-state index is 13.6. The summed E-state index contributed by atoms with van der Waals surface area (Å²) < 4.78 is 7.82. The number of para-hydroxylation sites is 3. The predicted molar refractivity (Wildman–Crippen MR) is 140 cm³/mol. The summed E-state index contributed by atoms with van der Waals surface area (Å²) >= 11 is 0. The van der Waals surface area contributed by atoms with E-state index in [4.69, 9.17) is 9.52 Å². The number of nitrogens with zero attached hydrogens (tertiary/aromatic N) is 3. The molecule has 0 unspecified atom stereocenters. The molecule has 6 aromatic rings. The molecular formula is C30H20N4O2. The maximum absolute atomic E-state index is 13.6. The zero-order valence-corrected chi connectivity index (χ0v) is 19.4. The van der Waals surface area contributed by atoms with Crippen molar-refractivity contribution in [2.45, 2.75) is 6.92 Å². The first-order valence-electron chi connectivity index (χ1n) is 11.5. The third-order valence-electron chi connectivity index (χ3n) is 6.21. The minimum Gasteiger partial charge on any atom is -0.454 e. The number of rotatable bonds is 5. The lowest BCUT2D eigenvalue weighted by Crippen LogP contribution is -2.03. The second-order valence-electron chi connectivity index (χ2n) is 8.53. The van der Waals surface area contributed by atoms with Crippen LogP contribution in [0.5, 0.6) is 0 Å². The standard InChI is InChI=1S/C30H20N4O2/c1-19-28(24-12-6-7-13-25(24)32-19)30(35)21(17-31)15-22-18-34(23-10-3-2-4-11-23)33-29(22)27-16-20-9-5-8-14-26(20)36-27/h2-16,18,32H,1H3. The summed E-state index contributed by atoms with van der Waals surface area (Å²) in [7, 11) is 0. The lowest BCUT2D eigenvalue weighted by atomic mass is 9.99. The molecule has 3 heterocycles. The average molecular weight is 469 g/mol. The molecule has 3 aromatic carbocycles. The van der Waals surface area contributed by atoms with E-state index < -0.39 is 0 Å². The van der Waals surface area contributed by atoms with Gasteiger partial charge in [0.05, 0.1) is 11.3 Å². The molecule has 172 valence electrons. The van der Waals surface area contributed by atoms with Crippen molar-refractivity contribution in [2.75, 3.05) is 0 Å². The molecule has 0 radical (unpaired) electrons. The number of nitriles is 1. The molecule has 0 aliphatic rings. The van der Waals surface area contributed by atoms with Gasteiger partial charge in [-0.2, -0.15) is 10.4 Å². The van der Waals surface area contributed by atoms with Gasteiger partial charge in [0.2, 0.25) is 5.78 Å². The zero-order chi connectivity index (χ0) is 24.6. The fourth-order valence-electron chi connectivity index (χ4n) is 4.50. The van der Waals surface area contributed by atoms with Crippen molar-refractivity contribution in [1.29, 1.82) is 5.26 Å². The fraction of sp³-hybridized carbons (Fsp3) is 0.0333. The number of allylic oxidation sites excluding steroid dienone is 1. The van der Waals surface area contributed by atoms with Gasteiger partial charge in [-0.1, -0.05) is 54.6 Å². The van der Waals surface area contributed by atoms with Crippen LogP contribution < -0.4 is 0 Å². The topological polar surface area (TPSA) is 87.6 Å². The lowest BCUT2D eigenvalue weighted by Gasteiger charge is -2.00. The number of carbonyl (C=O) groups excluding carboxylic acids is 1. The summed E-state index contributed by atoms with van der Waals surface area (Å²) in [6.07, 6.45) is 3.41. The Bertz CT molecular complexity index is 1790. The Hall–Kier alpha value is -5.15. The van der Waals surface area contributed by atoms with Gasteiger partial charge >= 0.3 is 0 Å². The molecule has 0 aliphatic heterocycles. The predicted octanol–water partition coefficient (Wildman–Crippen LogP) is 6.87. The molecule has 6 heteroatoms. The van der Waals surface area contributed by atoms with Crippen molar-refractivity contribution >= 4 is 33.7 Å². The second kappa shape index (κ2) is 8.57. The normalized spacial score (nSPS) is 11.7. The number of aryl methyl sites for hydroxylation is 1. The number of ketones is 1. The Morgan fingerprint density at radius 2 is 1.78 bits per heavy atom. The molecular weight excluding hydrogens is 448 g/mol. The lowest BCUT2D eigenvalue weighted by molar-refractivity contribution is 0.104. The van der Waals surface area contributed by atoms with E-state index in [1.807, 2.05) is 98.0 Å². The number of Topliss-reactive ketones (excluding diaryl/α,β-unsaturated/α-hetero) is 1. The van der Waals surface area contributed by atoms with Crippen LogP contribution in [0.3, 0.4) is 0 Å². The summed E-state index contributed by atoms with van der Waals surface area (Å²) in [5, 5.41) is 16.5. The van der Waals surface area contributed by atoms with E-state index in [0.29, 0.717) is 22.6 Å². The van der Waals surface area contributed by atoms with Crippen LogP contribution in [-0.2, 0) is 0 Å². The van der Waals surface area contributed by atoms with Gasteiger partial charge in [-0.15, -0.1) is 0 Å². The van der Waals surface area contributed by atoms with Crippen LogP contribution in [0.15, 0.2) is 101 Å². The first-order chi connectivity index (χ1) is 17.6. The van der Waals surface area contributed by atoms with Crippen LogP contribution in [0.25, 0.3) is 45.1 Å². The van der Waals surface area contributed by atoms with E-state index in [-0.39, 0.29) is 11.4 Å². The molecule has 0 saturated heterocycles. The maximum Gasteiger partial charge on any atom is 0.205 e. The number of hydrogen-bond acceptors (Lipinski definition) is 4. The number of hydrogen-bond donors (Lipinski definition) is 1. The Morgan fingerprint density at radius 3 is 2.58 bits per heavy atom. The molecule has 1 N–H and O–H groups in total. The van der Waals surface area contributed by atoms with E-state index >= 15 is 0 Å². The van der Waals surface area contributed by atoms with Crippen molar-refractivity contribution in [3.8, 4) is 23.2 Å². The molecule has 0 atom stereocenters. The average Bonchev–Trinajstić information content (AvgIpc) is 3.61. The van der Waals surface area contributed by atoms with Gasteiger partial charge in [0.25, 0.3) is 0 Å². The summed E-state index contributed by atoms with van der Waals surface area (Å²) in [4.78, 5) is 16.8. The molecule has 3 aromatic heterocycles. The molecule has 0 bridgehead atoms. The first-order valence-corrected chi connectivity index (χ1v) is 11.5. The Balaban J connectivity index is 1.51. The van der Waals surface area contributed by atoms with Gasteiger partial charge in [0.1, 0.15) is 22.9 Å². The van der Waals surface area contributed by atoms with E-state index in [9.17, 15) is 10.1 Å². The van der Waals surface area contributed by atoms with Gasteiger partial charge < -0.3 is 9.40 Å². The highest BCUT2D eigenvalue weighted by atomic mass is 16.3. The van der Waals surface area contributed by atoms with Crippen molar-refractivity contribution < 1.29 is 9.21 Å². The van der Waals surface area contributed by atoms with E-state index in [1.54, 1.807) is 10.8 Å². The number of fused-ring (bicyclic) bond motifs is 2. The van der Waals surface area contributed by atoms with Gasteiger partial charge in [-0.3, -0.25) is 4.79 Å². The minimum atomic E-state index is -0.338. The molecule has 0 amide bonds. The number of furan rings is 1. The van der Waals surface area contributed by atoms with Crippen molar-refractivity contribution in [3.63, 3.8) is 0 Å². The summed E-state index contributed by atoms with van der Waals surface area (Å²) in [6.45, 7) is 1.84. The molecule has 0 saturated carbocycles. The van der Waals surface area contributed by atoms with Crippen LogP contribution in [-0.4, -0.2) is 20.5 Å². The third-order valence-corrected chi connectivity index (χ3v) is 6.21. The fourth-order valence-corrected chi connectivity index (χ4v) is 4.50. The van der Waals surface area contributed by atoms with Crippen LogP contribution in [0.4, 0.5) is 0 Å². The Kier molecular flexibility index (Phi) is 5.09. The Morgan fingerprint density at radius 1 is 1.03 bits per heavy atom. The Labute approximate surface area is 206 Å². The smallest absolute Gasteiger partial charge is 0.205 e. The van der Waals surface area contributed by atoms with Gasteiger partial charge in [-0.05, 0) is 43.3 Å². The second-order valence-corrected chi connectivity index (χ2v) is 8.53. The number of carbonyl (C=O) groups is 1. The number of H-pyrrole nitrogens is 1. The van der Waals surface area contributed by atoms with Gasteiger partial charge in [0.15, 0.2) is 5.76 Å². The highest BCUT2D eigenvalue weighted by Crippen LogP contribution is 2.32. The van der Waals surface area contributed by atoms with E-state index in [2.05, 4.69) is 11.1 Å². The summed E-state index contributed by atoms with van der Waals surface area (Å²) in [5.74, 6) is 0.223. The monoisotopic (exact) mass is 468 g/mol. The molecule has 6 rings (SSSR count). The molecule has 6 nitrogen and oxygen atoms in total. The molecule has 0 aliphatic carbocycles. The SMILES string of the molecule is Cc1[nH]c2ccccc2c1C(=O)C(C#N)=Cc1cn(-c2ccccc2)nc1-c1cc2ccccc2o1. The molecule has 0 spiro atoms. The quantitative estimate of drug-likeness (QED) is 0.170. The minimum absolute atomic E-state index is 0.0211. The molecule has 0 fully saturated rings. The third kappa shape index (κ3) is 3.60. The van der Waals surface area contributed by atoms with Crippen LogP contribution in [0.2, 0.25) is 0 Å². The van der Waals surface area contributed by atoms with E-state index in [1.165, 1.54) is 0 Å². The number of aromatic nitrogens is 3. The summed E-state index contributed by atoms with van der Waals surface area (Å²) in [5.41, 5.74) is 4.85.